The van der Waals surface area contributed by atoms with Gasteiger partial charge in [0.15, 0.2) is 0 Å². The van der Waals surface area contributed by atoms with Crippen LogP contribution in [0.15, 0.2) is 30.7 Å². The van der Waals surface area contributed by atoms with Gasteiger partial charge in [-0.2, -0.15) is 0 Å². The van der Waals surface area contributed by atoms with Crippen molar-refractivity contribution in [1.29, 1.82) is 0 Å². The topological polar surface area (TPSA) is 92.2 Å². The van der Waals surface area contributed by atoms with E-state index in [1.165, 1.54) is 30.7 Å². The van der Waals surface area contributed by atoms with Crippen LogP contribution in [-0.4, -0.2) is 27.0 Å². The van der Waals surface area contributed by atoms with E-state index in [9.17, 15) is 9.59 Å². The van der Waals surface area contributed by atoms with Crippen LogP contribution in [0.25, 0.3) is 0 Å². The zero-order valence-corrected chi connectivity index (χ0v) is 11.3. The number of carbonyl (C=O) groups excluding carboxylic acids is 1. The number of halogens is 2. The highest BCUT2D eigenvalue weighted by atomic mass is 35.5. The zero-order valence-electron chi connectivity index (χ0n) is 9.80. The lowest BCUT2D eigenvalue weighted by molar-refractivity contribution is 0.0696. The second-order valence-corrected chi connectivity index (χ2v) is 4.48. The average molecular weight is 312 g/mol. The SMILES string of the molecule is O=C(O)c1cc(Cl)c(NC(=O)c2cnccn2)c(Cl)c1. The first-order valence-corrected chi connectivity index (χ1v) is 6.04. The molecule has 0 spiro atoms. The Labute approximate surface area is 123 Å². The predicted molar refractivity (Wildman–Crippen MR) is 73.4 cm³/mol. The fourth-order valence-electron chi connectivity index (χ4n) is 1.41. The molecule has 0 saturated carbocycles. The number of hydrogen-bond donors (Lipinski definition) is 2. The summed E-state index contributed by atoms with van der Waals surface area (Å²) in [5.74, 6) is -1.72. The van der Waals surface area contributed by atoms with Crippen LogP contribution < -0.4 is 5.32 Å². The summed E-state index contributed by atoms with van der Waals surface area (Å²) in [6.45, 7) is 0. The molecular weight excluding hydrogens is 305 g/mol. The first-order chi connectivity index (χ1) is 9.49. The molecule has 0 bridgehead atoms. The largest absolute Gasteiger partial charge is 0.478 e. The second kappa shape index (κ2) is 5.85. The first-order valence-electron chi connectivity index (χ1n) is 5.28. The third-order valence-corrected chi connectivity index (χ3v) is 2.92. The molecule has 2 aromatic rings. The summed E-state index contributed by atoms with van der Waals surface area (Å²) < 4.78 is 0. The minimum atomic E-state index is -1.17. The molecule has 0 aliphatic heterocycles. The Morgan fingerprint density at radius 1 is 1.15 bits per heavy atom. The number of carboxylic acids is 1. The number of nitrogens with one attached hydrogen (secondary N) is 1. The lowest BCUT2D eigenvalue weighted by atomic mass is 10.2. The van der Waals surface area contributed by atoms with Gasteiger partial charge in [-0.05, 0) is 12.1 Å². The number of hydrogen-bond acceptors (Lipinski definition) is 4. The van der Waals surface area contributed by atoms with Crippen LogP contribution in [0.4, 0.5) is 5.69 Å². The van der Waals surface area contributed by atoms with Gasteiger partial charge in [-0.1, -0.05) is 23.2 Å². The Morgan fingerprint density at radius 2 is 1.80 bits per heavy atom. The molecule has 1 amide bonds. The van der Waals surface area contributed by atoms with E-state index in [0.29, 0.717) is 0 Å². The predicted octanol–water partition coefficient (Wildman–Crippen LogP) is 2.73. The summed E-state index contributed by atoms with van der Waals surface area (Å²) >= 11 is 11.8. The van der Waals surface area contributed by atoms with Crippen molar-refractivity contribution in [2.45, 2.75) is 0 Å². The number of benzene rings is 1. The van der Waals surface area contributed by atoms with E-state index in [4.69, 9.17) is 28.3 Å². The quantitative estimate of drug-likeness (QED) is 0.909. The summed E-state index contributed by atoms with van der Waals surface area (Å²) in [4.78, 5) is 30.3. The molecule has 0 saturated heterocycles. The van der Waals surface area contributed by atoms with Crippen molar-refractivity contribution < 1.29 is 14.7 Å². The normalized spacial score (nSPS) is 10.1. The summed E-state index contributed by atoms with van der Waals surface area (Å²) in [6.07, 6.45) is 4.08. The van der Waals surface area contributed by atoms with Gasteiger partial charge in [0.05, 0.1) is 27.5 Å². The maximum Gasteiger partial charge on any atom is 0.335 e. The van der Waals surface area contributed by atoms with E-state index in [0.717, 1.165) is 0 Å². The molecule has 0 aliphatic carbocycles. The summed E-state index contributed by atoms with van der Waals surface area (Å²) in [5, 5.41) is 11.4. The second-order valence-electron chi connectivity index (χ2n) is 3.66. The molecule has 0 radical (unpaired) electrons. The fourth-order valence-corrected chi connectivity index (χ4v) is 1.99. The van der Waals surface area contributed by atoms with Crippen LogP contribution in [-0.2, 0) is 0 Å². The lowest BCUT2D eigenvalue weighted by Crippen LogP contribution is -2.14. The van der Waals surface area contributed by atoms with E-state index in [-0.39, 0.29) is 27.0 Å². The lowest BCUT2D eigenvalue weighted by Gasteiger charge is -2.09. The molecule has 0 fully saturated rings. The molecular formula is C12H7Cl2N3O3. The molecule has 1 aromatic carbocycles. The monoisotopic (exact) mass is 311 g/mol. The number of aromatic nitrogens is 2. The van der Waals surface area contributed by atoms with Crippen molar-refractivity contribution in [1.82, 2.24) is 9.97 Å². The minimum Gasteiger partial charge on any atom is -0.478 e. The van der Waals surface area contributed by atoms with E-state index >= 15 is 0 Å². The molecule has 6 nitrogen and oxygen atoms in total. The Balaban J connectivity index is 2.31. The van der Waals surface area contributed by atoms with Crippen LogP contribution in [0.1, 0.15) is 20.8 Å². The van der Waals surface area contributed by atoms with Crippen molar-refractivity contribution >= 4 is 40.8 Å². The zero-order chi connectivity index (χ0) is 14.7. The molecule has 1 aromatic heterocycles. The Hall–Kier alpha value is -2.18. The van der Waals surface area contributed by atoms with Crippen LogP contribution in [0, 0.1) is 0 Å². The molecule has 20 heavy (non-hydrogen) atoms. The van der Waals surface area contributed by atoms with Crippen molar-refractivity contribution in [3.63, 3.8) is 0 Å². The van der Waals surface area contributed by atoms with Gasteiger partial charge >= 0.3 is 5.97 Å². The summed E-state index contributed by atoms with van der Waals surface area (Å²) in [5.41, 5.74) is 0.133. The number of amides is 1. The Bertz CT molecular complexity index is 654. The highest BCUT2D eigenvalue weighted by Gasteiger charge is 2.15. The van der Waals surface area contributed by atoms with Gasteiger partial charge in [0.2, 0.25) is 0 Å². The standard InChI is InChI=1S/C12H7Cl2N3O3/c13-7-3-6(12(19)20)4-8(14)10(7)17-11(18)9-5-15-1-2-16-9/h1-5H,(H,17,18)(H,19,20). The van der Waals surface area contributed by atoms with Gasteiger partial charge in [-0.25, -0.2) is 9.78 Å². The van der Waals surface area contributed by atoms with Gasteiger partial charge in [0.1, 0.15) is 5.69 Å². The summed E-state index contributed by atoms with van der Waals surface area (Å²) in [6, 6.07) is 2.39. The van der Waals surface area contributed by atoms with Crippen molar-refractivity contribution in [2.75, 3.05) is 5.32 Å². The average Bonchev–Trinajstić information content (AvgIpc) is 2.43. The van der Waals surface area contributed by atoms with Gasteiger partial charge < -0.3 is 10.4 Å². The van der Waals surface area contributed by atoms with Gasteiger partial charge in [-0.3, -0.25) is 9.78 Å². The van der Waals surface area contributed by atoms with Crippen molar-refractivity contribution in [2.24, 2.45) is 0 Å². The smallest absolute Gasteiger partial charge is 0.335 e. The van der Waals surface area contributed by atoms with E-state index in [2.05, 4.69) is 15.3 Å². The number of anilines is 1. The van der Waals surface area contributed by atoms with Gasteiger partial charge in [0, 0.05) is 12.4 Å². The van der Waals surface area contributed by atoms with E-state index < -0.39 is 11.9 Å². The number of rotatable bonds is 3. The third kappa shape index (κ3) is 3.04. The molecule has 2 rings (SSSR count). The highest BCUT2D eigenvalue weighted by molar-refractivity contribution is 6.40. The fraction of sp³-hybridized carbons (Fsp3) is 0. The van der Waals surface area contributed by atoms with E-state index in [1.54, 1.807) is 0 Å². The number of carboxylic acid groups (broad SMARTS) is 1. The number of nitrogens with zero attached hydrogens (tertiary/aromatic N) is 2. The molecule has 0 atom stereocenters. The Morgan fingerprint density at radius 3 is 2.30 bits per heavy atom. The molecule has 102 valence electrons. The van der Waals surface area contributed by atoms with Crippen LogP contribution in [0.2, 0.25) is 10.0 Å². The van der Waals surface area contributed by atoms with Gasteiger partial charge in [-0.15, -0.1) is 0 Å². The van der Waals surface area contributed by atoms with Crippen molar-refractivity contribution in [3.8, 4) is 0 Å². The van der Waals surface area contributed by atoms with E-state index in [1.807, 2.05) is 0 Å². The van der Waals surface area contributed by atoms with Crippen LogP contribution in [0.5, 0.6) is 0 Å². The molecule has 0 unspecified atom stereocenters. The van der Waals surface area contributed by atoms with Crippen LogP contribution in [0.3, 0.4) is 0 Å². The summed E-state index contributed by atoms with van der Waals surface area (Å²) in [7, 11) is 0. The molecule has 8 heteroatoms. The molecule has 2 N–H and O–H groups in total. The first kappa shape index (κ1) is 14.2. The Kier molecular flexibility index (Phi) is 4.16. The molecule has 0 aliphatic rings. The van der Waals surface area contributed by atoms with Gasteiger partial charge in [0.25, 0.3) is 5.91 Å². The number of aromatic carboxylic acids is 1. The highest BCUT2D eigenvalue weighted by Crippen LogP contribution is 2.32. The maximum atomic E-state index is 11.9. The minimum absolute atomic E-state index is 0.0205. The maximum absolute atomic E-state index is 11.9. The molecule has 1 heterocycles. The van der Waals surface area contributed by atoms with Crippen LogP contribution >= 0.6 is 23.2 Å². The third-order valence-electron chi connectivity index (χ3n) is 2.32. The number of carbonyl (C=O) groups is 2. The van der Waals surface area contributed by atoms with Crippen molar-refractivity contribution in [3.05, 3.63) is 52.0 Å².